The Kier molecular flexibility index (Phi) is 3.62. The number of rotatable bonds is 2. The Morgan fingerprint density at radius 1 is 1.33 bits per heavy atom. The molecule has 0 amide bonds. The Morgan fingerprint density at radius 2 is 2.10 bits per heavy atom. The van der Waals surface area contributed by atoms with E-state index in [0.717, 1.165) is 15.1 Å². The van der Waals surface area contributed by atoms with Crippen LogP contribution in [0.25, 0.3) is 16.7 Å². The number of aryl methyl sites for hydroxylation is 1. The zero-order valence-electron chi connectivity index (χ0n) is 11.0. The first kappa shape index (κ1) is 14.3. The minimum atomic E-state index is -0.967. The van der Waals surface area contributed by atoms with Crippen molar-refractivity contribution in [2.24, 2.45) is 0 Å². The number of halogens is 2. The number of fused-ring (bicyclic) bond motifs is 1. The molecule has 106 valence electrons. The Labute approximate surface area is 139 Å². The number of aromatic nitrogens is 2. The minimum absolute atomic E-state index is 0.235. The van der Waals surface area contributed by atoms with Gasteiger partial charge in [0.1, 0.15) is 5.82 Å². The number of hydrogen-bond acceptors (Lipinski definition) is 2. The molecule has 21 heavy (non-hydrogen) atoms. The summed E-state index contributed by atoms with van der Waals surface area (Å²) in [6.45, 7) is 1.86. The lowest BCUT2D eigenvalue weighted by atomic mass is 10.1. The number of benzene rings is 2. The molecule has 0 saturated carbocycles. The molecule has 0 aliphatic rings. The number of carboxylic acids is 1. The molecule has 0 aliphatic carbocycles. The average Bonchev–Trinajstić information content (AvgIpc) is 2.74. The SMILES string of the molecule is Cc1nc2cccc(C(=O)O)c2n1-c1ccc(Cl)cc1I. The fraction of sp³-hybridized carbons (Fsp3) is 0.0667. The van der Waals surface area contributed by atoms with E-state index in [2.05, 4.69) is 27.6 Å². The van der Waals surface area contributed by atoms with Gasteiger partial charge in [0.05, 0.1) is 22.3 Å². The normalized spacial score (nSPS) is 11.0. The third-order valence-electron chi connectivity index (χ3n) is 3.23. The molecule has 4 nitrogen and oxygen atoms in total. The van der Waals surface area contributed by atoms with Crippen molar-refractivity contribution >= 4 is 51.2 Å². The Hall–Kier alpha value is -1.60. The van der Waals surface area contributed by atoms with E-state index >= 15 is 0 Å². The summed E-state index contributed by atoms with van der Waals surface area (Å²) in [5.74, 6) is -0.232. The molecule has 0 spiro atoms. The van der Waals surface area contributed by atoms with Crippen molar-refractivity contribution in [2.75, 3.05) is 0 Å². The van der Waals surface area contributed by atoms with Crippen LogP contribution in [0.5, 0.6) is 0 Å². The number of aromatic carboxylic acids is 1. The lowest BCUT2D eigenvalue weighted by molar-refractivity contribution is 0.0698. The van der Waals surface area contributed by atoms with Gasteiger partial charge < -0.3 is 5.11 Å². The van der Waals surface area contributed by atoms with Crippen LogP contribution in [0.15, 0.2) is 36.4 Å². The quantitative estimate of drug-likeness (QED) is 0.639. The summed E-state index contributed by atoms with van der Waals surface area (Å²) < 4.78 is 2.79. The summed E-state index contributed by atoms with van der Waals surface area (Å²) in [6, 6.07) is 10.6. The molecule has 2 aromatic carbocycles. The maximum absolute atomic E-state index is 11.5. The van der Waals surface area contributed by atoms with Crippen molar-refractivity contribution in [3.05, 3.63) is 56.4 Å². The molecule has 1 N–H and O–H groups in total. The van der Waals surface area contributed by atoms with Crippen molar-refractivity contribution < 1.29 is 9.90 Å². The lowest BCUT2D eigenvalue weighted by Gasteiger charge is -2.11. The molecule has 0 aliphatic heterocycles. The highest BCUT2D eigenvalue weighted by molar-refractivity contribution is 14.1. The maximum atomic E-state index is 11.5. The summed E-state index contributed by atoms with van der Waals surface area (Å²) >= 11 is 8.18. The summed E-state index contributed by atoms with van der Waals surface area (Å²) in [5, 5.41) is 10.1. The van der Waals surface area contributed by atoms with Crippen LogP contribution < -0.4 is 0 Å². The largest absolute Gasteiger partial charge is 0.478 e. The van der Waals surface area contributed by atoms with Gasteiger partial charge in [-0.3, -0.25) is 4.57 Å². The Morgan fingerprint density at radius 3 is 2.76 bits per heavy atom. The van der Waals surface area contributed by atoms with Gasteiger partial charge in [-0.1, -0.05) is 17.7 Å². The zero-order chi connectivity index (χ0) is 15.1. The number of hydrogen-bond donors (Lipinski definition) is 1. The van der Waals surface area contributed by atoms with Gasteiger partial charge >= 0.3 is 5.97 Å². The molecule has 0 radical (unpaired) electrons. The molecule has 6 heteroatoms. The highest BCUT2D eigenvalue weighted by Crippen LogP contribution is 2.28. The number of imidazole rings is 1. The summed E-state index contributed by atoms with van der Waals surface area (Å²) in [7, 11) is 0. The van der Waals surface area contributed by atoms with E-state index in [0.29, 0.717) is 16.1 Å². The van der Waals surface area contributed by atoms with Crippen molar-refractivity contribution in [1.82, 2.24) is 9.55 Å². The molecular weight excluding hydrogens is 403 g/mol. The first-order valence-electron chi connectivity index (χ1n) is 6.16. The van der Waals surface area contributed by atoms with Crippen LogP contribution in [0.4, 0.5) is 0 Å². The zero-order valence-corrected chi connectivity index (χ0v) is 13.9. The van der Waals surface area contributed by atoms with Crippen LogP contribution in [0, 0.1) is 10.5 Å². The molecule has 3 aromatic rings. The van der Waals surface area contributed by atoms with Gasteiger partial charge in [0, 0.05) is 8.59 Å². The maximum Gasteiger partial charge on any atom is 0.337 e. The third-order valence-corrected chi connectivity index (χ3v) is 4.32. The van der Waals surface area contributed by atoms with Crippen LogP contribution >= 0.6 is 34.2 Å². The van der Waals surface area contributed by atoms with Gasteiger partial charge in [0.25, 0.3) is 0 Å². The van der Waals surface area contributed by atoms with E-state index in [1.165, 1.54) is 0 Å². The first-order chi connectivity index (χ1) is 9.99. The van der Waals surface area contributed by atoms with E-state index in [1.54, 1.807) is 18.2 Å². The summed E-state index contributed by atoms with van der Waals surface area (Å²) in [6.07, 6.45) is 0. The molecule has 0 unspecified atom stereocenters. The van der Waals surface area contributed by atoms with Crippen LogP contribution in [0.3, 0.4) is 0 Å². The lowest BCUT2D eigenvalue weighted by Crippen LogP contribution is -2.04. The monoisotopic (exact) mass is 412 g/mol. The molecular formula is C15H10ClIN2O2. The Bertz CT molecular complexity index is 873. The standard InChI is InChI=1S/C15H10ClIN2O2/c1-8-18-12-4-2-3-10(15(20)21)14(12)19(8)13-6-5-9(16)7-11(13)17/h2-7H,1H3,(H,20,21). The predicted octanol–water partition coefficient (Wildman–Crippen LogP) is 4.29. The molecule has 0 atom stereocenters. The second-order valence-electron chi connectivity index (χ2n) is 4.57. The number of carboxylic acid groups (broad SMARTS) is 1. The second kappa shape index (κ2) is 5.31. The van der Waals surface area contributed by atoms with Crippen LogP contribution in [-0.2, 0) is 0 Å². The van der Waals surface area contributed by atoms with Gasteiger partial charge in [0.15, 0.2) is 0 Å². The molecule has 3 rings (SSSR count). The summed E-state index contributed by atoms with van der Waals surface area (Å²) in [5.41, 5.74) is 2.37. The van der Waals surface area contributed by atoms with E-state index in [-0.39, 0.29) is 5.56 Å². The van der Waals surface area contributed by atoms with Gasteiger partial charge in [-0.15, -0.1) is 0 Å². The Balaban J connectivity index is 2.41. The number of carbonyl (C=O) groups is 1. The summed E-state index contributed by atoms with van der Waals surface area (Å²) in [4.78, 5) is 15.9. The van der Waals surface area contributed by atoms with Gasteiger partial charge in [-0.2, -0.15) is 0 Å². The van der Waals surface area contributed by atoms with Gasteiger partial charge in [0.2, 0.25) is 0 Å². The topological polar surface area (TPSA) is 55.1 Å². The highest BCUT2D eigenvalue weighted by Gasteiger charge is 2.18. The molecule has 0 saturated heterocycles. The van der Waals surface area contributed by atoms with Crippen LogP contribution in [0.2, 0.25) is 5.02 Å². The van der Waals surface area contributed by atoms with Crippen LogP contribution in [-0.4, -0.2) is 20.6 Å². The minimum Gasteiger partial charge on any atom is -0.478 e. The molecule has 0 bridgehead atoms. The average molecular weight is 413 g/mol. The fourth-order valence-electron chi connectivity index (χ4n) is 2.37. The first-order valence-corrected chi connectivity index (χ1v) is 7.61. The van der Waals surface area contributed by atoms with E-state index in [4.69, 9.17) is 11.6 Å². The van der Waals surface area contributed by atoms with Gasteiger partial charge in [-0.25, -0.2) is 9.78 Å². The highest BCUT2D eigenvalue weighted by atomic mass is 127. The second-order valence-corrected chi connectivity index (χ2v) is 6.17. The number of nitrogens with zero attached hydrogens (tertiary/aromatic N) is 2. The van der Waals surface area contributed by atoms with E-state index < -0.39 is 5.97 Å². The van der Waals surface area contributed by atoms with Crippen molar-refractivity contribution in [3.63, 3.8) is 0 Å². The molecule has 1 aromatic heterocycles. The molecule has 0 fully saturated rings. The fourth-order valence-corrected chi connectivity index (χ4v) is 3.49. The predicted molar refractivity (Wildman–Crippen MR) is 90.5 cm³/mol. The number of para-hydroxylation sites is 1. The third kappa shape index (κ3) is 2.40. The van der Waals surface area contributed by atoms with Crippen LogP contribution in [0.1, 0.15) is 16.2 Å². The van der Waals surface area contributed by atoms with Crippen molar-refractivity contribution in [1.29, 1.82) is 0 Å². The molecule has 1 heterocycles. The van der Waals surface area contributed by atoms with Crippen molar-refractivity contribution in [2.45, 2.75) is 6.92 Å². The van der Waals surface area contributed by atoms with Gasteiger partial charge in [-0.05, 0) is 59.8 Å². The van der Waals surface area contributed by atoms with E-state index in [1.807, 2.05) is 29.7 Å². The van der Waals surface area contributed by atoms with Crippen molar-refractivity contribution in [3.8, 4) is 5.69 Å². The van der Waals surface area contributed by atoms with E-state index in [9.17, 15) is 9.90 Å². The smallest absolute Gasteiger partial charge is 0.337 e.